The maximum atomic E-state index is 13.3. The Hall–Kier alpha value is -3.03. The van der Waals surface area contributed by atoms with E-state index in [1.807, 2.05) is 58.8 Å². The molecule has 0 spiro atoms. The standard InChI is InChI=1S/C24H27N3O3S/c1-30-20-10-8-19(9-11-20)27(17-21-5-4-16-31-21)24(29)18-25-12-14-26(15-13-25)22-6-2-3-7-23(22)28/h2-11,16,28H,12-15,17-18H2,1H3. The van der Waals surface area contributed by atoms with Gasteiger partial charge in [-0.15, -0.1) is 11.3 Å². The second-order valence-electron chi connectivity index (χ2n) is 7.51. The van der Waals surface area contributed by atoms with E-state index in [2.05, 4.69) is 15.9 Å². The molecule has 0 radical (unpaired) electrons. The number of anilines is 2. The number of carbonyl (C=O) groups is 1. The first-order valence-electron chi connectivity index (χ1n) is 10.4. The van der Waals surface area contributed by atoms with E-state index < -0.39 is 0 Å². The number of methoxy groups -OCH3 is 1. The second-order valence-corrected chi connectivity index (χ2v) is 8.54. The number of ether oxygens (including phenoxy) is 1. The van der Waals surface area contributed by atoms with Gasteiger partial charge in [0, 0.05) is 36.7 Å². The van der Waals surface area contributed by atoms with Crippen molar-refractivity contribution in [2.24, 2.45) is 0 Å². The number of aromatic hydroxyl groups is 1. The summed E-state index contributed by atoms with van der Waals surface area (Å²) in [5.41, 5.74) is 1.72. The Morgan fingerprint density at radius 3 is 2.42 bits per heavy atom. The number of phenols is 1. The maximum Gasteiger partial charge on any atom is 0.241 e. The number of carbonyl (C=O) groups excluding carboxylic acids is 1. The van der Waals surface area contributed by atoms with E-state index in [-0.39, 0.29) is 5.91 Å². The zero-order valence-corrected chi connectivity index (χ0v) is 18.4. The van der Waals surface area contributed by atoms with Crippen LogP contribution in [0.25, 0.3) is 0 Å². The number of hydrogen-bond donors (Lipinski definition) is 1. The normalized spacial score (nSPS) is 14.4. The highest BCUT2D eigenvalue weighted by atomic mass is 32.1. The van der Waals surface area contributed by atoms with Crippen LogP contribution in [-0.4, -0.2) is 55.7 Å². The van der Waals surface area contributed by atoms with E-state index in [4.69, 9.17) is 4.74 Å². The molecule has 7 heteroatoms. The van der Waals surface area contributed by atoms with E-state index in [9.17, 15) is 9.90 Å². The van der Waals surface area contributed by atoms with Crippen LogP contribution < -0.4 is 14.5 Å². The van der Waals surface area contributed by atoms with Crippen LogP contribution in [0.15, 0.2) is 66.0 Å². The van der Waals surface area contributed by atoms with E-state index >= 15 is 0 Å². The smallest absolute Gasteiger partial charge is 0.241 e. The Labute approximate surface area is 186 Å². The number of rotatable bonds is 7. The molecule has 0 atom stereocenters. The fraction of sp³-hybridized carbons (Fsp3) is 0.292. The Bertz CT molecular complexity index is 984. The highest BCUT2D eigenvalue weighted by Crippen LogP contribution is 2.27. The molecule has 4 rings (SSSR count). The first-order chi connectivity index (χ1) is 15.1. The molecule has 2 aromatic carbocycles. The molecule has 1 aliphatic heterocycles. The number of nitrogens with zero attached hydrogens (tertiary/aromatic N) is 3. The molecular formula is C24H27N3O3S. The SMILES string of the molecule is COc1ccc(N(Cc2cccs2)C(=O)CN2CCN(c3ccccc3O)CC2)cc1. The van der Waals surface area contributed by atoms with E-state index in [0.717, 1.165) is 48.2 Å². The molecular weight excluding hydrogens is 410 g/mol. The highest BCUT2D eigenvalue weighted by molar-refractivity contribution is 7.09. The average molecular weight is 438 g/mol. The van der Waals surface area contributed by atoms with Crippen molar-refractivity contribution in [1.82, 2.24) is 4.90 Å². The number of para-hydroxylation sites is 2. The molecule has 0 saturated carbocycles. The summed E-state index contributed by atoms with van der Waals surface area (Å²) < 4.78 is 5.26. The van der Waals surface area contributed by atoms with Crippen molar-refractivity contribution in [2.45, 2.75) is 6.54 Å². The zero-order valence-electron chi connectivity index (χ0n) is 17.6. The lowest BCUT2D eigenvalue weighted by molar-refractivity contribution is -0.120. The predicted molar refractivity (Wildman–Crippen MR) is 125 cm³/mol. The first-order valence-corrected chi connectivity index (χ1v) is 11.2. The van der Waals surface area contributed by atoms with Crippen LogP contribution in [0.5, 0.6) is 11.5 Å². The summed E-state index contributed by atoms with van der Waals surface area (Å²) in [6, 6.07) is 19.1. The highest BCUT2D eigenvalue weighted by Gasteiger charge is 2.24. The predicted octanol–water partition coefficient (Wildman–Crippen LogP) is 3.82. The van der Waals surface area contributed by atoms with Gasteiger partial charge in [0.1, 0.15) is 11.5 Å². The molecule has 3 aromatic rings. The van der Waals surface area contributed by atoms with E-state index in [1.165, 1.54) is 0 Å². The van der Waals surface area contributed by atoms with Gasteiger partial charge in [-0.25, -0.2) is 0 Å². The topological polar surface area (TPSA) is 56.2 Å². The molecule has 0 aliphatic carbocycles. The summed E-state index contributed by atoms with van der Waals surface area (Å²) in [5.74, 6) is 1.15. The minimum Gasteiger partial charge on any atom is -0.506 e. The summed E-state index contributed by atoms with van der Waals surface area (Å²) in [4.78, 5) is 20.7. The van der Waals surface area contributed by atoms with Crippen molar-refractivity contribution >= 4 is 28.6 Å². The van der Waals surface area contributed by atoms with Crippen molar-refractivity contribution in [3.8, 4) is 11.5 Å². The molecule has 0 unspecified atom stereocenters. The zero-order chi connectivity index (χ0) is 21.6. The maximum absolute atomic E-state index is 13.3. The monoisotopic (exact) mass is 437 g/mol. The molecule has 31 heavy (non-hydrogen) atoms. The van der Waals surface area contributed by atoms with Crippen molar-refractivity contribution < 1.29 is 14.6 Å². The summed E-state index contributed by atoms with van der Waals surface area (Å²) in [7, 11) is 1.64. The average Bonchev–Trinajstić information content (AvgIpc) is 3.32. The summed E-state index contributed by atoms with van der Waals surface area (Å²) >= 11 is 1.65. The molecule has 1 saturated heterocycles. The van der Waals surface area contributed by atoms with Gasteiger partial charge in [-0.3, -0.25) is 9.69 Å². The molecule has 1 fully saturated rings. The van der Waals surface area contributed by atoms with E-state index in [0.29, 0.717) is 18.8 Å². The van der Waals surface area contributed by atoms with Crippen LogP contribution in [0, 0.1) is 0 Å². The van der Waals surface area contributed by atoms with Crippen LogP contribution >= 0.6 is 11.3 Å². The van der Waals surface area contributed by atoms with Crippen molar-refractivity contribution in [3.63, 3.8) is 0 Å². The molecule has 162 valence electrons. The summed E-state index contributed by atoms with van der Waals surface area (Å²) in [6.45, 7) is 4.02. The third-order valence-electron chi connectivity index (χ3n) is 5.53. The molecule has 2 heterocycles. The van der Waals surface area contributed by atoms with Crippen molar-refractivity contribution in [1.29, 1.82) is 0 Å². The van der Waals surface area contributed by atoms with Gasteiger partial charge in [0.2, 0.25) is 5.91 Å². The number of piperazine rings is 1. The lowest BCUT2D eigenvalue weighted by atomic mass is 10.2. The molecule has 1 aromatic heterocycles. The third-order valence-corrected chi connectivity index (χ3v) is 6.39. The van der Waals surface area contributed by atoms with Crippen molar-refractivity contribution in [2.75, 3.05) is 49.6 Å². The number of phenolic OH excluding ortho intramolecular Hbond substituents is 1. The molecule has 6 nitrogen and oxygen atoms in total. The Morgan fingerprint density at radius 1 is 1.03 bits per heavy atom. The van der Waals surface area contributed by atoms with Gasteiger partial charge >= 0.3 is 0 Å². The van der Waals surface area contributed by atoms with Gasteiger partial charge in [-0.2, -0.15) is 0 Å². The largest absolute Gasteiger partial charge is 0.506 e. The van der Waals surface area contributed by atoms with Gasteiger partial charge in [-0.05, 0) is 47.8 Å². The quantitative estimate of drug-likeness (QED) is 0.609. The van der Waals surface area contributed by atoms with Crippen LogP contribution in [0.2, 0.25) is 0 Å². The third kappa shape index (κ3) is 5.18. The first kappa shape index (κ1) is 21.2. The fourth-order valence-corrected chi connectivity index (χ4v) is 4.49. The van der Waals surface area contributed by atoms with Crippen LogP contribution in [0.4, 0.5) is 11.4 Å². The molecule has 1 amide bonds. The molecule has 1 aliphatic rings. The van der Waals surface area contributed by atoms with Crippen LogP contribution in [0.3, 0.4) is 0 Å². The summed E-state index contributed by atoms with van der Waals surface area (Å²) in [6.07, 6.45) is 0. The minimum absolute atomic E-state index is 0.0783. The Balaban J connectivity index is 1.42. The van der Waals surface area contributed by atoms with Gasteiger partial charge in [-0.1, -0.05) is 18.2 Å². The van der Waals surface area contributed by atoms with Gasteiger partial charge in [0.25, 0.3) is 0 Å². The fourth-order valence-electron chi connectivity index (χ4n) is 3.80. The molecule has 1 N–H and O–H groups in total. The Kier molecular flexibility index (Phi) is 6.74. The van der Waals surface area contributed by atoms with Crippen LogP contribution in [-0.2, 0) is 11.3 Å². The van der Waals surface area contributed by atoms with Gasteiger partial charge < -0.3 is 19.6 Å². The van der Waals surface area contributed by atoms with E-state index in [1.54, 1.807) is 24.5 Å². The minimum atomic E-state index is 0.0783. The number of benzene rings is 2. The second kappa shape index (κ2) is 9.85. The number of hydrogen-bond acceptors (Lipinski definition) is 6. The Morgan fingerprint density at radius 2 is 1.77 bits per heavy atom. The molecule has 0 bridgehead atoms. The summed E-state index contributed by atoms with van der Waals surface area (Å²) in [5, 5.41) is 12.1. The van der Waals surface area contributed by atoms with Gasteiger partial charge in [0.15, 0.2) is 0 Å². The lowest BCUT2D eigenvalue weighted by Crippen LogP contribution is -2.50. The van der Waals surface area contributed by atoms with Crippen LogP contribution in [0.1, 0.15) is 4.88 Å². The van der Waals surface area contributed by atoms with Gasteiger partial charge in [0.05, 0.1) is 25.9 Å². The van der Waals surface area contributed by atoms with Crippen molar-refractivity contribution in [3.05, 3.63) is 70.9 Å². The number of thiophene rings is 1. The number of amides is 1. The lowest BCUT2D eigenvalue weighted by Gasteiger charge is -2.36.